The summed E-state index contributed by atoms with van der Waals surface area (Å²) in [5.41, 5.74) is 11.3. The Kier molecular flexibility index (Phi) is 6.17. The zero-order valence-corrected chi connectivity index (χ0v) is 28.7. The second-order valence-corrected chi connectivity index (χ2v) is 17.7. The monoisotopic (exact) mass is 665 g/mol. The molecule has 3 heterocycles. The lowest BCUT2D eigenvalue weighted by Gasteiger charge is -2.24. The highest BCUT2D eigenvalue weighted by molar-refractivity contribution is 14.1. The van der Waals surface area contributed by atoms with Crippen LogP contribution in [-0.4, -0.2) is 7.82 Å². The summed E-state index contributed by atoms with van der Waals surface area (Å²) in [6.45, 7) is 18.7. The molecule has 7 aromatic rings. The molecule has 0 fully saturated rings. The van der Waals surface area contributed by atoms with Crippen LogP contribution >= 0.6 is 22.6 Å². The summed E-state index contributed by atoms with van der Waals surface area (Å²) < 4.78 is 5.14. The van der Waals surface area contributed by atoms with E-state index in [0.29, 0.717) is 5.92 Å². The third-order valence-electron chi connectivity index (χ3n) is 9.22. The van der Waals surface area contributed by atoms with Gasteiger partial charge < -0.3 is 4.40 Å². The zero-order valence-electron chi connectivity index (χ0n) is 26.5. The van der Waals surface area contributed by atoms with Crippen LogP contribution in [0.2, 0.25) is 0 Å². The van der Waals surface area contributed by atoms with Crippen molar-refractivity contribution in [1.29, 1.82) is 0 Å². The number of fused-ring (bicyclic) bond motifs is 7. The average Bonchev–Trinajstić information content (AvgIpc) is 3.23. The van der Waals surface area contributed by atoms with Gasteiger partial charge in [0.05, 0.1) is 27.3 Å². The molecule has 0 atom stereocenters. The summed E-state index contributed by atoms with van der Waals surface area (Å²) in [5, 5.41) is 9.58. The van der Waals surface area contributed by atoms with Crippen LogP contribution in [0, 0.1) is 12.3 Å². The quantitative estimate of drug-likeness (QED) is 0.0582. The fourth-order valence-electron chi connectivity index (χ4n) is 7.48. The summed E-state index contributed by atoms with van der Waals surface area (Å²) in [6, 6.07) is 21.5. The van der Waals surface area contributed by atoms with Crippen molar-refractivity contribution in [3.8, 4) is 0 Å². The topological polar surface area (TPSA) is 8.29 Å². The molecule has 0 aliphatic rings. The molecule has 0 saturated carbocycles. The number of nitrogens with zero attached hydrogens (tertiary/aromatic N) is 2. The van der Waals surface area contributed by atoms with Crippen molar-refractivity contribution in [2.75, 3.05) is 0 Å². The fraction of sp³-hybridized carbons (Fsp3) is 0.359. The number of halogens is 1. The van der Waals surface area contributed by atoms with Crippen molar-refractivity contribution in [3.05, 3.63) is 83.0 Å². The van der Waals surface area contributed by atoms with Crippen molar-refractivity contribution in [2.45, 2.75) is 77.6 Å². The van der Waals surface area contributed by atoms with Crippen LogP contribution in [0.5, 0.6) is 0 Å². The Bertz CT molecular complexity index is 2200. The van der Waals surface area contributed by atoms with E-state index in [4.69, 9.17) is 0 Å². The number of aryl methyl sites for hydroxylation is 2. The first-order valence-electron chi connectivity index (χ1n) is 15.4. The van der Waals surface area contributed by atoms with Crippen LogP contribution in [0.4, 0.5) is 0 Å². The summed E-state index contributed by atoms with van der Waals surface area (Å²) in [4.78, 5) is 0. The van der Waals surface area contributed by atoms with Crippen LogP contribution in [0.15, 0.2) is 60.8 Å². The lowest BCUT2D eigenvalue weighted by atomic mass is 9.84. The van der Waals surface area contributed by atoms with Gasteiger partial charge in [-0.3, -0.25) is 0 Å². The van der Waals surface area contributed by atoms with Gasteiger partial charge in [-0.2, -0.15) is 0 Å². The van der Waals surface area contributed by atoms with Crippen molar-refractivity contribution in [3.63, 3.8) is 0 Å². The van der Waals surface area contributed by atoms with Gasteiger partial charge in [0.25, 0.3) is 0 Å². The fourth-order valence-corrected chi connectivity index (χ4v) is 7.86. The number of hydrogen-bond donors (Lipinski definition) is 0. The van der Waals surface area contributed by atoms with Gasteiger partial charge in [0.1, 0.15) is 7.05 Å². The first kappa shape index (κ1) is 27.9. The molecule has 3 heteroatoms. The predicted molar refractivity (Wildman–Crippen MR) is 191 cm³/mol. The van der Waals surface area contributed by atoms with E-state index in [-0.39, 0.29) is 8.84 Å². The Morgan fingerprint density at radius 3 is 2.19 bits per heavy atom. The van der Waals surface area contributed by atoms with Gasteiger partial charge in [-0.05, 0) is 75.6 Å². The Morgan fingerprint density at radius 1 is 0.786 bits per heavy atom. The molecular formula is C39H42IN2+. The van der Waals surface area contributed by atoms with Gasteiger partial charge in [-0.15, -0.1) is 0 Å². The van der Waals surface area contributed by atoms with Crippen LogP contribution < -0.4 is 4.57 Å². The van der Waals surface area contributed by atoms with Crippen LogP contribution in [0.1, 0.15) is 76.6 Å². The molecule has 42 heavy (non-hydrogen) atoms. The molecule has 3 aromatic heterocycles. The van der Waals surface area contributed by atoms with E-state index in [1.165, 1.54) is 82.0 Å². The average molecular weight is 666 g/mol. The highest BCUT2D eigenvalue weighted by Crippen LogP contribution is 2.45. The van der Waals surface area contributed by atoms with E-state index < -0.39 is 0 Å². The van der Waals surface area contributed by atoms with Crippen molar-refractivity contribution >= 4 is 82.4 Å². The Hall–Kier alpha value is -2.92. The molecular weight excluding hydrogens is 623 g/mol. The number of aromatic nitrogens is 2. The van der Waals surface area contributed by atoms with Crippen LogP contribution in [-0.2, 0) is 19.9 Å². The summed E-state index contributed by atoms with van der Waals surface area (Å²) in [5.74, 6) is 0.473. The molecule has 214 valence electrons. The minimum atomic E-state index is 0.105. The Labute approximate surface area is 263 Å². The van der Waals surface area contributed by atoms with E-state index in [1.807, 2.05) is 0 Å². The second kappa shape index (κ2) is 9.29. The molecule has 2 nitrogen and oxygen atoms in total. The Morgan fingerprint density at radius 2 is 1.50 bits per heavy atom. The van der Waals surface area contributed by atoms with Gasteiger partial charge in [0, 0.05) is 20.3 Å². The summed E-state index contributed by atoms with van der Waals surface area (Å²) in [6.07, 6.45) is 4.32. The van der Waals surface area contributed by atoms with Crippen LogP contribution in [0.25, 0.3) is 59.8 Å². The normalized spacial score (nSPS) is 13.4. The summed E-state index contributed by atoms with van der Waals surface area (Å²) >= 11 is 2.66. The molecule has 0 spiro atoms. The van der Waals surface area contributed by atoms with Crippen molar-refractivity contribution < 1.29 is 4.57 Å². The molecule has 0 saturated heterocycles. The first-order chi connectivity index (χ1) is 19.7. The van der Waals surface area contributed by atoms with Gasteiger partial charge in [-0.1, -0.05) is 114 Å². The summed E-state index contributed by atoms with van der Waals surface area (Å²) in [7, 11) is 2.23. The predicted octanol–water partition coefficient (Wildman–Crippen LogP) is 10.7. The largest absolute Gasteiger partial charge is 0.307 e. The SMILES string of the molecule is Cc1c2cc(CC(C)(C)C)ccc2c(CC(C)(C)I)c2c1c1c3c(ccc4c5ccc(C(C)C)cc5n2c43)cc[n+]1C. The highest BCUT2D eigenvalue weighted by Gasteiger charge is 2.29. The van der Waals surface area contributed by atoms with E-state index >= 15 is 0 Å². The lowest BCUT2D eigenvalue weighted by molar-refractivity contribution is -0.643. The molecule has 4 aromatic carbocycles. The third kappa shape index (κ3) is 4.21. The number of pyridine rings is 2. The van der Waals surface area contributed by atoms with Crippen LogP contribution in [0.3, 0.4) is 0 Å². The lowest BCUT2D eigenvalue weighted by Crippen LogP contribution is -2.29. The molecule has 0 bridgehead atoms. The maximum absolute atomic E-state index is 2.66. The highest BCUT2D eigenvalue weighted by atomic mass is 127. The van der Waals surface area contributed by atoms with Crippen molar-refractivity contribution in [1.82, 2.24) is 4.40 Å². The van der Waals surface area contributed by atoms with Crippen molar-refractivity contribution in [2.24, 2.45) is 12.5 Å². The second-order valence-electron chi connectivity index (χ2n) is 14.8. The minimum Gasteiger partial charge on any atom is -0.307 e. The van der Waals surface area contributed by atoms with E-state index in [1.54, 1.807) is 0 Å². The Balaban J connectivity index is 1.82. The standard InChI is InChI=1S/C39H42IN2/c1-22(2)26-12-14-28-29-15-11-25-16-17-41(9)37-33-23(3)30-18-24(20-38(4,5)6)10-13-27(30)31(21-39(7,8)40)36(33)42(32(28)19-26)35(29)34(25)37/h10-19,22H,20-21H2,1-9H3/q+1. The van der Waals surface area contributed by atoms with E-state index in [2.05, 4.69) is 155 Å². The number of benzene rings is 4. The smallest absolute Gasteiger partial charge is 0.224 e. The van der Waals surface area contributed by atoms with E-state index in [0.717, 1.165) is 12.8 Å². The number of hydrogen-bond acceptors (Lipinski definition) is 0. The minimum absolute atomic E-state index is 0.105. The number of alkyl halides is 1. The van der Waals surface area contributed by atoms with Gasteiger partial charge in [-0.25, -0.2) is 4.57 Å². The maximum atomic E-state index is 2.66. The van der Waals surface area contributed by atoms with E-state index in [9.17, 15) is 0 Å². The first-order valence-corrected chi connectivity index (χ1v) is 16.5. The molecule has 0 aliphatic heterocycles. The molecule has 0 aliphatic carbocycles. The van der Waals surface area contributed by atoms with Gasteiger partial charge in [0.2, 0.25) is 5.52 Å². The third-order valence-corrected chi connectivity index (χ3v) is 9.60. The zero-order chi connectivity index (χ0) is 29.9. The van der Waals surface area contributed by atoms with Gasteiger partial charge in [0.15, 0.2) is 6.20 Å². The maximum Gasteiger partial charge on any atom is 0.224 e. The number of rotatable bonds is 4. The molecule has 0 radical (unpaired) electrons. The molecule has 7 rings (SSSR count). The molecule has 0 N–H and O–H groups in total. The molecule has 0 unspecified atom stereocenters. The van der Waals surface area contributed by atoms with Gasteiger partial charge >= 0.3 is 0 Å². The molecule has 0 amide bonds.